The molecule has 2 rings (SSSR count). The molecule has 2 atom stereocenters. The van der Waals surface area contributed by atoms with Crippen molar-refractivity contribution in [2.45, 2.75) is 12.8 Å². The first-order valence-corrected chi connectivity index (χ1v) is 6.08. The predicted molar refractivity (Wildman–Crippen MR) is 65.6 cm³/mol. The summed E-state index contributed by atoms with van der Waals surface area (Å²) in [6, 6.07) is 6.08. The van der Waals surface area contributed by atoms with Crippen LogP contribution in [0.1, 0.15) is 17.0 Å². The lowest BCUT2D eigenvalue weighted by molar-refractivity contribution is -0.141. The highest BCUT2D eigenvalue weighted by Crippen LogP contribution is 2.33. The Morgan fingerprint density at radius 2 is 2.25 bits per heavy atom. The van der Waals surface area contributed by atoms with Crippen LogP contribution in [0.5, 0.6) is 0 Å². The summed E-state index contributed by atoms with van der Waals surface area (Å²) in [4.78, 5) is 11.1. The Bertz CT molecular complexity index is 419. The van der Waals surface area contributed by atoms with Gasteiger partial charge in [-0.15, -0.1) is 0 Å². The zero-order chi connectivity index (χ0) is 11.7. The van der Waals surface area contributed by atoms with Crippen LogP contribution in [0.3, 0.4) is 0 Å². The maximum atomic E-state index is 11.1. The van der Waals surface area contributed by atoms with E-state index in [0.717, 1.165) is 16.6 Å². The summed E-state index contributed by atoms with van der Waals surface area (Å²) in [5, 5.41) is 12.3. The first-order chi connectivity index (χ1) is 7.59. The molecule has 1 aromatic rings. The lowest BCUT2D eigenvalue weighted by atomic mass is 9.88. The maximum absolute atomic E-state index is 11.1. The van der Waals surface area contributed by atoms with Gasteiger partial charge < -0.3 is 10.4 Å². The number of aryl methyl sites for hydroxylation is 1. The van der Waals surface area contributed by atoms with Gasteiger partial charge >= 0.3 is 5.97 Å². The average molecular weight is 284 g/mol. The van der Waals surface area contributed by atoms with E-state index in [-0.39, 0.29) is 11.8 Å². The highest BCUT2D eigenvalue weighted by molar-refractivity contribution is 9.10. The number of hydrogen-bond donors (Lipinski definition) is 2. The van der Waals surface area contributed by atoms with Crippen molar-refractivity contribution in [3.05, 3.63) is 33.8 Å². The average Bonchev–Trinajstić information content (AvgIpc) is 2.66. The van der Waals surface area contributed by atoms with Crippen LogP contribution < -0.4 is 5.32 Å². The number of halogens is 1. The van der Waals surface area contributed by atoms with E-state index >= 15 is 0 Å². The highest BCUT2D eigenvalue weighted by Gasteiger charge is 2.34. The van der Waals surface area contributed by atoms with E-state index in [9.17, 15) is 4.79 Å². The Morgan fingerprint density at radius 3 is 2.88 bits per heavy atom. The number of nitrogens with one attached hydrogen (secondary N) is 1. The highest BCUT2D eigenvalue weighted by atomic mass is 79.9. The van der Waals surface area contributed by atoms with Crippen LogP contribution in [-0.2, 0) is 4.79 Å². The van der Waals surface area contributed by atoms with Crippen LogP contribution in [0, 0.1) is 12.8 Å². The van der Waals surface area contributed by atoms with E-state index in [1.165, 1.54) is 5.56 Å². The maximum Gasteiger partial charge on any atom is 0.308 e. The second kappa shape index (κ2) is 4.55. The minimum atomic E-state index is -0.720. The fourth-order valence-electron chi connectivity index (χ4n) is 2.20. The van der Waals surface area contributed by atoms with Crippen LogP contribution in [0.15, 0.2) is 22.7 Å². The molecule has 0 spiro atoms. The van der Waals surface area contributed by atoms with Crippen molar-refractivity contribution in [1.82, 2.24) is 5.32 Å². The van der Waals surface area contributed by atoms with Gasteiger partial charge in [0.25, 0.3) is 0 Å². The van der Waals surface area contributed by atoms with Crippen LogP contribution in [-0.4, -0.2) is 24.2 Å². The van der Waals surface area contributed by atoms with Crippen LogP contribution in [0.2, 0.25) is 0 Å². The number of carboxylic acid groups (broad SMARTS) is 1. The molecule has 0 aromatic heterocycles. The van der Waals surface area contributed by atoms with Gasteiger partial charge in [-0.25, -0.2) is 0 Å². The van der Waals surface area contributed by atoms with Gasteiger partial charge in [0.1, 0.15) is 0 Å². The molecule has 0 amide bonds. The molecule has 1 aliphatic rings. The van der Waals surface area contributed by atoms with E-state index in [2.05, 4.69) is 21.2 Å². The summed E-state index contributed by atoms with van der Waals surface area (Å²) in [7, 11) is 0. The number of carbonyl (C=O) groups is 1. The quantitative estimate of drug-likeness (QED) is 0.874. The fourth-order valence-corrected chi connectivity index (χ4v) is 2.99. The molecule has 1 aliphatic heterocycles. The van der Waals surface area contributed by atoms with Gasteiger partial charge in [-0.2, -0.15) is 0 Å². The lowest BCUT2D eigenvalue weighted by Gasteiger charge is -2.17. The van der Waals surface area contributed by atoms with E-state index in [1.807, 2.05) is 25.1 Å². The summed E-state index contributed by atoms with van der Waals surface area (Å²) in [6.07, 6.45) is 0. The van der Waals surface area contributed by atoms with Crippen molar-refractivity contribution in [2.24, 2.45) is 5.92 Å². The molecule has 0 aliphatic carbocycles. The molecule has 16 heavy (non-hydrogen) atoms. The van der Waals surface area contributed by atoms with Gasteiger partial charge in [-0.3, -0.25) is 4.79 Å². The largest absolute Gasteiger partial charge is 0.481 e. The molecule has 86 valence electrons. The first-order valence-electron chi connectivity index (χ1n) is 5.29. The minimum Gasteiger partial charge on any atom is -0.481 e. The third-order valence-corrected chi connectivity index (χ3v) is 3.77. The van der Waals surface area contributed by atoms with E-state index < -0.39 is 5.97 Å². The SMILES string of the molecule is Cc1ccc([C@@H]2CNC[C@H]2C(=O)O)c(Br)c1. The number of rotatable bonds is 2. The zero-order valence-electron chi connectivity index (χ0n) is 9.03. The second-order valence-electron chi connectivity index (χ2n) is 4.23. The Balaban J connectivity index is 2.32. The van der Waals surface area contributed by atoms with Crippen molar-refractivity contribution in [3.8, 4) is 0 Å². The lowest BCUT2D eigenvalue weighted by Crippen LogP contribution is -2.21. The molecule has 3 nitrogen and oxygen atoms in total. The minimum absolute atomic E-state index is 0.0625. The molecule has 0 unspecified atom stereocenters. The van der Waals surface area contributed by atoms with Gasteiger partial charge in [0.15, 0.2) is 0 Å². The van der Waals surface area contributed by atoms with Gasteiger partial charge in [0, 0.05) is 23.5 Å². The smallest absolute Gasteiger partial charge is 0.308 e. The molecule has 1 saturated heterocycles. The zero-order valence-corrected chi connectivity index (χ0v) is 10.6. The number of hydrogen-bond acceptors (Lipinski definition) is 2. The number of aliphatic carboxylic acids is 1. The Morgan fingerprint density at radius 1 is 1.50 bits per heavy atom. The van der Waals surface area contributed by atoms with Crippen LogP contribution in [0.25, 0.3) is 0 Å². The number of benzene rings is 1. The molecule has 0 saturated carbocycles. The standard InChI is InChI=1S/C12H14BrNO2/c1-7-2-3-8(11(13)4-7)9-5-14-6-10(9)12(15)16/h2-4,9-10,14H,5-6H2,1H3,(H,15,16)/t9-,10+/m0/s1. The third kappa shape index (κ3) is 2.13. The van der Waals surface area contributed by atoms with E-state index in [0.29, 0.717) is 6.54 Å². The van der Waals surface area contributed by atoms with Gasteiger partial charge in [-0.1, -0.05) is 28.1 Å². The van der Waals surface area contributed by atoms with Crippen molar-refractivity contribution >= 4 is 21.9 Å². The molecule has 4 heteroatoms. The Labute approximate surface area is 103 Å². The van der Waals surface area contributed by atoms with Gasteiger partial charge in [0.2, 0.25) is 0 Å². The monoisotopic (exact) mass is 283 g/mol. The molecule has 2 N–H and O–H groups in total. The molecule has 1 heterocycles. The van der Waals surface area contributed by atoms with Gasteiger partial charge in [-0.05, 0) is 24.1 Å². The molecule has 0 radical (unpaired) electrons. The van der Waals surface area contributed by atoms with E-state index in [1.54, 1.807) is 0 Å². The molecule has 1 fully saturated rings. The topological polar surface area (TPSA) is 49.3 Å². The summed E-state index contributed by atoms with van der Waals surface area (Å²) in [5.41, 5.74) is 2.26. The summed E-state index contributed by atoms with van der Waals surface area (Å²) in [6.45, 7) is 3.31. The molecule has 0 bridgehead atoms. The van der Waals surface area contributed by atoms with Crippen LogP contribution in [0.4, 0.5) is 0 Å². The normalized spacial score (nSPS) is 24.6. The van der Waals surface area contributed by atoms with Crippen molar-refractivity contribution in [2.75, 3.05) is 13.1 Å². The van der Waals surface area contributed by atoms with Gasteiger partial charge in [0.05, 0.1) is 5.92 Å². The van der Waals surface area contributed by atoms with Crippen molar-refractivity contribution in [1.29, 1.82) is 0 Å². The van der Waals surface area contributed by atoms with Crippen molar-refractivity contribution < 1.29 is 9.90 Å². The third-order valence-electron chi connectivity index (χ3n) is 3.09. The predicted octanol–water partition coefficient (Wildman–Crippen LogP) is 2.15. The van der Waals surface area contributed by atoms with Crippen LogP contribution >= 0.6 is 15.9 Å². The fraction of sp³-hybridized carbons (Fsp3) is 0.417. The Kier molecular flexibility index (Phi) is 3.30. The first kappa shape index (κ1) is 11.6. The summed E-state index contributed by atoms with van der Waals surface area (Å²) >= 11 is 3.51. The molecular formula is C12H14BrNO2. The molecule has 1 aromatic carbocycles. The van der Waals surface area contributed by atoms with E-state index in [4.69, 9.17) is 5.11 Å². The number of carboxylic acids is 1. The summed E-state index contributed by atoms with van der Waals surface area (Å²) in [5.74, 6) is -0.978. The Hall–Kier alpha value is -0.870. The summed E-state index contributed by atoms with van der Waals surface area (Å²) < 4.78 is 1.01. The molecular weight excluding hydrogens is 270 g/mol. The second-order valence-corrected chi connectivity index (χ2v) is 5.09. The van der Waals surface area contributed by atoms with Crippen molar-refractivity contribution in [3.63, 3.8) is 0 Å².